The van der Waals surface area contributed by atoms with Crippen molar-refractivity contribution in [2.45, 2.75) is 33.1 Å². The van der Waals surface area contributed by atoms with E-state index in [0.717, 1.165) is 4.90 Å². The van der Waals surface area contributed by atoms with Gasteiger partial charge in [0.15, 0.2) is 5.78 Å². The highest BCUT2D eigenvalue weighted by molar-refractivity contribution is 6.04. The smallest absolute Gasteiger partial charge is 0.230 e. The molecule has 1 aliphatic rings. The van der Waals surface area contributed by atoms with Crippen LogP contribution in [0.1, 0.15) is 33.1 Å². The van der Waals surface area contributed by atoms with Crippen molar-refractivity contribution in [1.29, 1.82) is 0 Å². The largest absolute Gasteiger partial charge is 0.298 e. The Morgan fingerprint density at radius 3 is 2.21 bits per heavy atom. The topological polar surface area (TPSA) is 54.5 Å². The van der Waals surface area contributed by atoms with Gasteiger partial charge in [0.1, 0.15) is 0 Å². The maximum Gasteiger partial charge on any atom is 0.230 e. The SMILES string of the molecule is CC(C)CC(=O)CN1C(=O)CCC1=O. The summed E-state index contributed by atoms with van der Waals surface area (Å²) in [6.07, 6.45) is 0.943. The lowest BCUT2D eigenvalue weighted by Gasteiger charge is -2.13. The summed E-state index contributed by atoms with van der Waals surface area (Å²) in [4.78, 5) is 34.7. The molecule has 0 aromatic carbocycles. The fraction of sp³-hybridized carbons (Fsp3) is 0.700. The Morgan fingerprint density at radius 1 is 1.29 bits per heavy atom. The number of ketones is 1. The van der Waals surface area contributed by atoms with Gasteiger partial charge >= 0.3 is 0 Å². The van der Waals surface area contributed by atoms with Crippen LogP contribution in [-0.2, 0) is 14.4 Å². The predicted molar refractivity (Wildman–Crippen MR) is 50.4 cm³/mol. The first-order chi connectivity index (χ1) is 6.50. The highest BCUT2D eigenvalue weighted by Gasteiger charge is 2.30. The van der Waals surface area contributed by atoms with Crippen molar-refractivity contribution in [3.63, 3.8) is 0 Å². The summed E-state index contributed by atoms with van der Waals surface area (Å²) in [6, 6.07) is 0. The first-order valence-corrected chi connectivity index (χ1v) is 4.85. The standard InChI is InChI=1S/C10H15NO3/c1-7(2)5-8(12)6-11-9(13)3-4-10(11)14/h7H,3-6H2,1-2H3. The molecule has 0 unspecified atom stereocenters. The van der Waals surface area contributed by atoms with E-state index in [2.05, 4.69) is 0 Å². The van der Waals surface area contributed by atoms with E-state index in [9.17, 15) is 14.4 Å². The Hall–Kier alpha value is -1.19. The van der Waals surface area contributed by atoms with Crippen molar-refractivity contribution in [3.8, 4) is 0 Å². The molecule has 0 spiro atoms. The van der Waals surface area contributed by atoms with E-state index < -0.39 is 0 Å². The second-order valence-electron chi connectivity index (χ2n) is 4.01. The van der Waals surface area contributed by atoms with Gasteiger partial charge in [0.25, 0.3) is 0 Å². The molecule has 1 aliphatic heterocycles. The quantitative estimate of drug-likeness (QED) is 0.625. The molecule has 4 heteroatoms. The fourth-order valence-electron chi connectivity index (χ4n) is 1.50. The summed E-state index contributed by atoms with van der Waals surface area (Å²) in [5.74, 6) is -0.196. The van der Waals surface area contributed by atoms with Gasteiger partial charge in [-0.15, -0.1) is 0 Å². The van der Waals surface area contributed by atoms with Gasteiger partial charge in [0, 0.05) is 19.3 Å². The number of Topliss-reactive ketones (excluding diaryl/α,β-unsaturated/α-hetero) is 1. The number of carbonyl (C=O) groups is 3. The van der Waals surface area contributed by atoms with E-state index in [0.29, 0.717) is 6.42 Å². The third-order valence-corrected chi connectivity index (χ3v) is 2.13. The highest BCUT2D eigenvalue weighted by Crippen LogP contribution is 2.12. The van der Waals surface area contributed by atoms with Crippen molar-refractivity contribution in [2.24, 2.45) is 5.92 Å². The molecular formula is C10H15NO3. The monoisotopic (exact) mass is 197 g/mol. The van der Waals surface area contributed by atoms with Gasteiger partial charge in [-0.1, -0.05) is 13.8 Å². The lowest BCUT2D eigenvalue weighted by Crippen LogP contribution is -2.34. The third kappa shape index (κ3) is 2.65. The van der Waals surface area contributed by atoms with E-state index >= 15 is 0 Å². The molecule has 78 valence electrons. The summed E-state index contributed by atoms with van der Waals surface area (Å²) in [5.41, 5.74) is 0. The van der Waals surface area contributed by atoms with Crippen molar-refractivity contribution < 1.29 is 14.4 Å². The van der Waals surface area contributed by atoms with Crippen molar-refractivity contribution in [1.82, 2.24) is 4.90 Å². The summed E-state index contributed by atoms with van der Waals surface area (Å²) in [7, 11) is 0. The zero-order valence-electron chi connectivity index (χ0n) is 8.58. The van der Waals surface area contributed by atoms with Gasteiger partial charge in [0.2, 0.25) is 11.8 Å². The second kappa shape index (κ2) is 4.35. The molecule has 0 N–H and O–H groups in total. The molecule has 2 amide bonds. The highest BCUT2D eigenvalue weighted by atomic mass is 16.2. The summed E-state index contributed by atoms with van der Waals surface area (Å²) < 4.78 is 0. The summed E-state index contributed by atoms with van der Waals surface area (Å²) in [6.45, 7) is 3.84. The number of imide groups is 1. The predicted octanol–water partition coefficient (Wildman–Crippen LogP) is 0.751. The van der Waals surface area contributed by atoms with Crippen LogP contribution in [0, 0.1) is 5.92 Å². The zero-order chi connectivity index (χ0) is 10.7. The van der Waals surface area contributed by atoms with Crippen molar-refractivity contribution in [2.75, 3.05) is 6.54 Å². The number of nitrogens with zero attached hydrogens (tertiary/aromatic N) is 1. The van der Waals surface area contributed by atoms with Gasteiger partial charge in [0.05, 0.1) is 6.54 Å². The molecule has 0 atom stereocenters. The summed E-state index contributed by atoms with van der Waals surface area (Å²) in [5, 5.41) is 0. The van der Waals surface area contributed by atoms with Gasteiger partial charge in [-0.25, -0.2) is 0 Å². The minimum Gasteiger partial charge on any atom is -0.298 e. The van der Waals surface area contributed by atoms with Crippen LogP contribution in [0.3, 0.4) is 0 Å². The first kappa shape index (κ1) is 10.9. The molecule has 0 aromatic heterocycles. The van der Waals surface area contributed by atoms with E-state index in [-0.39, 0.29) is 42.9 Å². The number of hydrogen-bond donors (Lipinski definition) is 0. The van der Waals surface area contributed by atoms with Crippen LogP contribution in [0.5, 0.6) is 0 Å². The molecule has 1 heterocycles. The number of carbonyl (C=O) groups excluding carboxylic acids is 3. The second-order valence-corrected chi connectivity index (χ2v) is 4.01. The van der Waals surface area contributed by atoms with E-state index in [1.54, 1.807) is 0 Å². The molecule has 1 saturated heterocycles. The van der Waals surface area contributed by atoms with Gasteiger partial charge in [-0.3, -0.25) is 19.3 Å². The molecule has 1 fully saturated rings. The van der Waals surface area contributed by atoms with Gasteiger partial charge in [-0.2, -0.15) is 0 Å². The molecule has 0 saturated carbocycles. The maximum atomic E-state index is 11.4. The Morgan fingerprint density at radius 2 is 1.79 bits per heavy atom. The molecule has 4 nitrogen and oxygen atoms in total. The number of hydrogen-bond acceptors (Lipinski definition) is 3. The Labute approximate surface area is 83.3 Å². The van der Waals surface area contributed by atoms with Gasteiger partial charge in [-0.05, 0) is 5.92 Å². The van der Waals surface area contributed by atoms with Crippen LogP contribution in [-0.4, -0.2) is 29.0 Å². The van der Waals surface area contributed by atoms with E-state index in [4.69, 9.17) is 0 Å². The van der Waals surface area contributed by atoms with E-state index in [1.165, 1.54) is 0 Å². The van der Waals surface area contributed by atoms with Crippen LogP contribution in [0.4, 0.5) is 0 Å². The van der Waals surface area contributed by atoms with Crippen LogP contribution in [0.15, 0.2) is 0 Å². The molecular weight excluding hydrogens is 182 g/mol. The lowest BCUT2D eigenvalue weighted by molar-refractivity contribution is -0.142. The maximum absolute atomic E-state index is 11.4. The zero-order valence-corrected chi connectivity index (χ0v) is 8.58. The summed E-state index contributed by atoms with van der Waals surface area (Å²) >= 11 is 0. The Kier molecular flexibility index (Phi) is 3.38. The molecule has 0 aromatic rings. The van der Waals surface area contributed by atoms with Gasteiger partial charge < -0.3 is 0 Å². The number of rotatable bonds is 4. The average molecular weight is 197 g/mol. The first-order valence-electron chi connectivity index (χ1n) is 4.85. The minimum atomic E-state index is -0.216. The molecule has 14 heavy (non-hydrogen) atoms. The number of amides is 2. The fourth-order valence-corrected chi connectivity index (χ4v) is 1.50. The van der Waals surface area contributed by atoms with Crippen LogP contribution < -0.4 is 0 Å². The van der Waals surface area contributed by atoms with E-state index in [1.807, 2.05) is 13.8 Å². The van der Waals surface area contributed by atoms with Crippen LogP contribution in [0.25, 0.3) is 0 Å². The Balaban J connectivity index is 2.47. The van der Waals surface area contributed by atoms with Crippen LogP contribution >= 0.6 is 0 Å². The molecule has 0 aliphatic carbocycles. The molecule has 1 rings (SSSR count). The minimum absolute atomic E-state index is 0.0319. The molecule has 0 radical (unpaired) electrons. The molecule has 0 bridgehead atoms. The van der Waals surface area contributed by atoms with Crippen molar-refractivity contribution >= 4 is 17.6 Å². The Bertz CT molecular complexity index is 255. The van der Waals surface area contributed by atoms with Crippen LogP contribution in [0.2, 0.25) is 0 Å². The lowest BCUT2D eigenvalue weighted by atomic mass is 10.1. The number of likely N-dealkylation sites (tertiary alicyclic amines) is 1. The third-order valence-electron chi connectivity index (χ3n) is 2.13. The van der Waals surface area contributed by atoms with Crippen molar-refractivity contribution in [3.05, 3.63) is 0 Å². The normalized spacial score (nSPS) is 16.9. The average Bonchev–Trinajstić information content (AvgIpc) is 2.34.